The van der Waals surface area contributed by atoms with Crippen molar-refractivity contribution >= 4 is 16.6 Å². The smallest absolute Gasteiger partial charge is 0.136 e. The Kier molecular flexibility index (Phi) is 3.65. The number of rotatable bonds is 3. The third kappa shape index (κ3) is 2.56. The molecule has 1 aliphatic heterocycles. The highest BCUT2D eigenvalue weighted by Crippen LogP contribution is 2.27. The number of piperidine rings is 1. The number of anilines is 1. The average molecular weight is 255 g/mol. The second-order valence-electron chi connectivity index (χ2n) is 5.37. The molecule has 1 aromatic carbocycles. The van der Waals surface area contributed by atoms with Crippen LogP contribution in [-0.4, -0.2) is 31.7 Å². The molecule has 100 valence electrons. The fourth-order valence-corrected chi connectivity index (χ4v) is 3.07. The van der Waals surface area contributed by atoms with E-state index in [1.54, 1.807) is 0 Å². The number of benzene rings is 1. The lowest BCUT2D eigenvalue weighted by molar-refractivity contribution is 0.402. The maximum absolute atomic E-state index is 4.63. The zero-order chi connectivity index (χ0) is 13.1. The summed E-state index contributed by atoms with van der Waals surface area (Å²) in [5.41, 5.74) is 0. The van der Waals surface area contributed by atoms with Gasteiger partial charge < -0.3 is 10.2 Å². The van der Waals surface area contributed by atoms with Gasteiger partial charge in [0.05, 0.1) is 0 Å². The van der Waals surface area contributed by atoms with E-state index in [1.165, 1.54) is 23.6 Å². The Morgan fingerprint density at radius 2 is 2.21 bits per heavy atom. The van der Waals surface area contributed by atoms with Gasteiger partial charge in [0.1, 0.15) is 5.82 Å². The van der Waals surface area contributed by atoms with Crippen molar-refractivity contribution in [1.82, 2.24) is 10.3 Å². The van der Waals surface area contributed by atoms with Crippen molar-refractivity contribution in [3.05, 3.63) is 36.5 Å². The van der Waals surface area contributed by atoms with E-state index in [0.717, 1.165) is 31.4 Å². The summed E-state index contributed by atoms with van der Waals surface area (Å²) in [7, 11) is 2.04. The summed E-state index contributed by atoms with van der Waals surface area (Å²) in [6.07, 6.45) is 4.51. The van der Waals surface area contributed by atoms with Gasteiger partial charge in [0.25, 0.3) is 0 Å². The van der Waals surface area contributed by atoms with Crippen LogP contribution >= 0.6 is 0 Å². The summed E-state index contributed by atoms with van der Waals surface area (Å²) in [5, 5.41) is 5.85. The summed E-state index contributed by atoms with van der Waals surface area (Å²) >= 11 is 0. The molecule has 0 bridgehead atoms. The number of nitrogens with one attached hydrogen (secondary N) is 1. The van der Waals surface area contributed by atoms with Crippen LogP contribution in [-0.2, 0) is 0 Å². The highest BCUT2D eigenvalue weighted by molar-refractivity contribution is 5.92. The normalized spacial score (nSPS) is 19.8. The molecule has 1 aromatic heterocycles. The third-order valence-electron chi connectivity index (χ3n) is 3.96. The SMILES string of the molecule is CNCC1CCCN(c2nccc3ccccc23)C1. The summed E-state index contributed by atoms with van der Waals surface area (Å²) in [4.78, 5) is 7.08. The topological polar surface area (TPSA) is 28.2 Å². The van der Waals surface area contributed by atoms with E-state index in [-0.39, 0.29) is 0 Å². The lowest BCUT2D eigenvalue weighted by atomic mass is 9.97. The van der Waals surface area contributed by atoms with Gasteiger partial charge in [-0.3, -0.25) is 0 Å². The Labute approximate surface area is 114 Å². The van der Waals surface area contributed by atoms with Crippen LogP contribution in [0.1, 0.15) is 12.8 Å². The summed E-state index contributed by atoms with van der Waals surface area (Å²) in [5.74, 6) is 1.89. The molecule has 0 radical (unpaired) electrons. The van der Waals surface area contributed by atoms with Crippen LogP contribution in [0.2, 0.25) is 0 Å². The van der Waals surface area contributed by atoms with E-state index >= 15 is 0 Å². The zero-order valence-electron chi connectivity index (χ0n) is 11.5. The van der Waals surface area contributed by atoms with Crippen LogP contribution in [0.25, 0.3) is 10.8 Å². The zero-order valence-corrected chi connectivity index (χ0v) is 11.5. The second kappa shape index (κ2) is 5.57. The Morgan fingerprint density at radius 1 is 1.32 bits per heavy atom. The molecule has 19 heavy (non-hydrogen) atoms. The van der Waals surface area contributed by atoms with Gasteiger partial charge in [-0.25, -0.2) is 4.98 Å². The number of aromatic nitrogens is 1. The maximum atomic E-state index is 4.63. The van der Waals surface area contributed by atoms with Gasteiger partial charge in [-0.05, 0) is 43.8 Å². The number of nitrogens with zero attached hydrogens (tertiary/aromatic N) is 2. The van der Waals surface area contributed by atoms with E-state index in [1.807, 2.05) is 13.2 Å². The van der Waals surface area contributed by atoms with Gasteiger partial charge in [-0.15, -0.1) is 0 Å². The largest absolute Gasteiger partial charge is 0.356 e. The molecule has 1 atom stereocenters. The van der Waals surface area contributed by atoms with Crippen LogP contribution in [0.3, 0.4) is 0 Å². The summed E-state index contributed by atoms with van der Waals surface area (Å²) in [6, 6.07) is 10.6. The number of hydrogen-bond donors (Lipinski definition) is 1. The third-order valence-corrected chi connectivity index (χ3v) is 3.96. The average Bonchev–Trinajstić information content (AvgIpc) is 2.47. The minimum atomic E-state index is 0.736. The monoisotopic (exact) mass is 255 g/mol. The predicted molar refractivity (Wildman–Crippen MR) is 80.6 cm³/mol. The van der Waals surface area contributed by atoms with Gasteiger partial charge in [-0.1, -0.05) is 24.3 Å². The maximum Gasteiger partial charge on any atom is 0.136 e. The Balaban J connectivity index is 1.91. The molecule has 1 saturated heterocycles. The summed E-state index contributed by atoms with van der Waals surface area (Å²) < 4.78 is 0. The van der Waals surface area contributed by atoms with E-state index in [4.69, 9.17) is 0 Å². The lowest BCUT2D eigenvalue weighted by Crippen LogP contribution is -2.39. The molecule has 0 aliphatic carbocycles. The van der Waals surface area contributed by atoms with Crippen molar-refractivity contribution in [2.45, 2.75) is 12.8 Å². The van der Waals surface area contributed by atoms with Crippen molar-refractivity contribution in [1.29, 1.82) is 0 Å². The number of pyridine rings is 1. The molecule has 3 heteroatoms. The van der Waals surface area contributed by atoms with Crippen molar-refractivity contribution in [2.24, 2.45) is 5.92 Å². The lowest BCUT2D eigenvalue weighted by Gasteiger charge is -2.34. The molecule has 2 aromatic rings. The molecule has 0 saturated carbocycles. The molecule has 3 rings (SSSR count). The molecular formula is C16H21N3. The van der Waals surface area contributed by atoms with Crippen molar-refractivity contribution in [3.8, 4) is 0 Å². The molecule has 2 heterocycles. The van der Waals surface area contributed by atoms with Gasteiger partial charge >= 0.3 is 0 Å². The minimum Gasteiger partial charge on any atom is -0.356 e. The first-order valence-electron chi connectivity index (χ1n) is 7.12. The van der Waals surface area contributed by atoms with Gasteiger partial charge in [0.2, 0.25) is 0 Å². The molecule has 1 N–H and O–H groups in total. The molecule has 1 aliphatic rings. The predicted octanol–water partition coefficient (Wildman–Crippen LogP) is 2.67. The molecule has 1 fully saturated rings. The molecule has 0 spiro atoms. The fourth-order valence-electron chi connectivity index (χ4n) is 3.07. The molecule has 3 nitrogen and oxygen atoms in total. The first kappa shape index (κ1) is 12.4. The van der Waals surface area contributed by atoms with Gasteiger partial charge in [-0.2, -0.15) is 0 Å². The Morgan fingerprint density at radius 3 is 3.11 bits per heavy atom. The van der Waals surface area contributed by atoms with E-state index in [0.29, 0.717) is 0 Å². The fraction of sp³-hybridized carbons (Fsp3) is 0.438. The van der Waals surface area contributed by atoms with Crippen molar-refractivity contribution in [2.75, 3.05) is 31.6 Å². The van der Waals surface area contributed by atoms with E-state index in [9.17, 15) is 0 Å². The molecule has 0 amide bonds. The van der Waals surface area contributed by atoms with Gasteiger partial charge in [0.15, 0.2) is 0 Å². The quantitative estimate of drug-likeness (QED) is 0.914. The highest BCUT2D eigenvalue weighted by atomic mass is 15.2. The Hall–Kier alpha value is -1.61. The van der Waals surface area contributed by atoms with E-state index in [2.05, 4.69) is 45.5 Å². The first-order valence-corrected chi connectivity index (χ1v) is 7.12. The summed E-state index contributed by atoms with van der Waals surface area (Å²) in [6.45, 7) is 3.34. The van der Waals surface area contributed by atoms with Crippen LogP contribution < -0.4 is 10.2 Å². The standard InChI is InChI=1S/C16H21N3/c1-17-11-13-5-4-10-19(12-13)16-15-7-3-2-6-14(15)8-9-18-16/h2-3,6-9,13,17H,4-5,10-12H2,1H3. The molecule has 1 unspecified atom stereocenters. The number of fused-ring (bicyclic) bond motifs is 1. The van der Waals surface area contributed by atoms with Crippen LogP contribution in [0.15, 0.2) is 36.5 Å². The highest BCUT2D eigenvalue weighted by Gasteiger charge is 2.21. The van der Waals surface area contributed by atoms with Gasteiger partial charge in [0, 0.05) is 24.7 Å². The second-order valence-corrected chi connectivity index (χ2v) is 5.37. The Bertz CT molecular complexity index is 545. The minimum absolute atomic E-state index is 0.736. The molecular weight excluding hydrogens is 234 g/mol. The van der Waals surface area contributed by atoms with Crippen LogP contribution in [0, 0.1) is 5.92 Å². The number of hydrogen-bond acceptors (Lipinski definition) is 3. The van der Waals surface area contributed by atoms with E-state index < -0.39 is 0 Å². The van der Waals surface area contributed by atoms with Crippen LogP contribution in [0.4, 0.5) is 5.82 Å². The van der Waals surface area contributed by atoms with Crippen molar-refractivity contribution in [3.63, 3.8) is 0 Å². The van der Waals surface area contributed by atoms with Crippen molar-refractivity contribution < 1.29 is 0 Å². The van der Waals surface area contributed by atoms with Crippen LogP contribution in [0.5, 0.6) is 0 Å². The first-order chi connectivity index (χ1) is 9.38.